The number of rotatable bonds is 2. The molecule has 1 unspecified atom stereocenters. The van der Waals surface area contributed by atoms with E-state index in [0.29, 0.717) is 11.5 Å². The van der Waals surface area contributed by atoms with Gasteiger partial charge in [-0.3, -0.25) is 4.79 Å². The number of likely N-dealkylation sites (tertiary alicyclic amines) is 1. The highest BCUT2D eigenvalue weighted by molar-refractivity contribution is 5.94. The van der Waals surface area contributed by atoms with Gasteiger partial charge in [-0.2, -0.15) is 0 Å². The first kappa shape index (κ1) is 10.4. The molecule has 15 heavy (non-hydrogen) atoms. The van der Waals surface area contributed by atoms with Crippen molar-refractivity contribution >= 4 is 5.78 Å². The Bertz CT molecular complexity index is 359. The molecule has 0 bridgehead atoms. The lowest BCUT2D eigenvalue weighted by Gasteiger charge is -2.28. The van der Waals surface area contributed by atoms with Crippen LogP contribution in [0.2, 0.25) is 0 Å². The molecule has 0 aliphatic carbocycles. The lowest BCUT2D eigenvalue weighted by molar-refractivity contribution is 0.101. The van der Waals surface area contributed by atoms with E-state index in [1.54, 1.807) is 6.92 Å². The summed E-state index contributed by atoms with van der Waals surface area (Å²) in [6, 6.07) is 0. The van der Waals surface area contributed by atoms with Crippen molar-refractivity contribution in [2.24, 2.45) is 0 Å². The van der Waals surface area contributed by atoms with E-state index in [-0.39, 0.29) is 5.78 Å². The number of hydrogen-bond acceptors (Lipinski definition) is 4. The molecular formula is C11H16N2O2. The van der Waals surface area contributed by atoms with Crippen molar-refractivity contribution in [3.8, 4) is 0 Å². The average molecular weight is 208 g/mol. The Morgan fingerprint density at radius 3 is 3.13 bits per heavy atom. The van der Waals surface area contributed by atoms with Crippen molar-refractivity contribution < 1.29 is 9.32 Å². The minimum absolute atomic E-state index is 0.0412. The number of carbonyl (C=O) groups is 1. The summed E-state index contributed by atoms with van der Waals surface area (Å²) < 4.78 is 5.22. The Morgan fingerprint density at radius 2 is 2.47 bits per heavy atom. The molecule has 0 radical (unpaired) electrons. The number of piperidine rings is 1. The van der Waals surface area contributed by atoms with E-state index in [0.717, 1.165) is 31.7 Å². The second-order valence-corrected chi connectivity index (χ2v) is 4.26. The van der Waals surface area contributed by atoms with Gasteiger partial charge >= 0.3 is 0 Å². The Kier molecular flexibility index (Phi) is 2.86. The van der Waals surface area contributed by atoms with Gasteiger partial charge in [-0.05, 0) is 33.4 Å². The highest BCUT2D eigenvalue weighted by atomic mass is 16.5. The standard InChI is InChI=1S/C11H16N2O2/c1-8(14)10-6-12-15-11(10)9-4-3-5-13(2)7-9/h6,9H,3-5,7H2,1-2H3. The van der Waals surface area contributed by atoms with E-state index in [9.17, 15) is 4.79 Å². The van der Waals surface area contributed by atoms with E-state index < -0.39 is 0 Å². The third-order valence-electron chi connectivity index (χ3n) is 2.97. The highest BCUT2D eigenvalue weighted by Gasteiger charge is 2.26. The molecule has 1 atom stereocenters. The summed E-state index contributed by atoms with van der Waals surface area (Å²) in [6.45, 7) is 3.64. The van der Waals surface area contributed by atoms with Crippen LogP contribution in [0.1, 0.15) is 41.8 Å². The minimum Gasteiger partial charge on any atom is -0.360 e. The van der Waals surface area contributed by atoms with Crippen molar-refractivity contribution in [2.45, 2.75) is 25.7 Å². The molecule has 0 N–H and O–H groups in total. The monoisotopic (exact) mass is 208 g/mol. The summed E-state index contributed by atoms with van der Waals surface area (Å²) in [4.78, 5) is 13.6. The molecule has 4 heteroatoms. The second-order valence-electron chi connectivity index (χ2n) is 4.26. The predicted molar refractivity (Wildman–Crippen MR) is 56.0 cm³/mol. The van der Waals surface area contributed by atoms with Gasteiger partial charge in [0, 0.05) is 12.5 Å². The summed E-state index contributed by atoms with van der Waals surface area (Å²) in [6.07, 6.45) is 3.77. The number of carbonyl (C=O) groups excluding carboxylic acids is 1. The predicted octanol–water partition coefficient (Wildman–Crippen LogP) is 1.69. The van der Waals surface area contributed by atoms with Crippen molar-refractivity contribution in [3.63, 3.8) is 0 Å². The quantitative estimate of drug-likeness (QED) is 0.694. The molecule has 0 saturated carbocycles. The van der Waals surface area contributed by atoms with Gasteiger partial charge in [-0.1, -0.05) is 5.16 Å². The maximum atomic E-state index is 11.3. The lowest BCUT2D eigenvalue weighted by atomic mass is 9.93. The number of hydrogen-bond donors (Lipinski definition) is 0. The summed E-state index contributed by atoms with van der Waals surface area (Å²) in [5, 5.41) is 3.73. The summed E-state index contributed by atoms with van der Waals surface area (Å²) in [5.74, 6) is 1.14. The largest absolute Gasteiger partial charge is 0.360 e. The van der Waals surface area contributed by atoms with Gasteiger partial charge in [0.05, 0.1) is 11.8 Å². The van der Waals surface area contributed by atoms with E-state index >= 15 is 0 Å². The second kappa shape index (κ2) is 4.14. The third-order valence-corrected chi connectivity index (χ3v) is 2.97. The molecule has 2 rings (SSSR count). The summed E-state index contributed by atoms with van der Waals surface area (Å²) >= 11 is 0. The average Bonchev–Trinajstić information content (AvgIpc) is 2.65. The van der Waals surface area contributed by atoms with Crippen LogP contribution in [0, 0.1) is 0 Å². The molecule has 1 aromatic heterocycles. The van der Waals surface area contributed by atoms with Crippen LogP contribution in [0.4, 0.5) is 0 Å². The van der Waals surface area contributed by atoms with Crippen LogP contribution in [0.5, 0.6) is 0 Å². The molecule has 1 fully saturated rings. The van der Waals surface area contributed by atoms with Crippen molar-refractivity contribution in [1.29, 1.82) is 0 Å². The zero-order valence-electron chi connectivity index (χ0n) is 9.19. The Morgan fingerprint density at radius 1 is 1.67 bits per heavy atom. The number of ketones is 1. The van der Waals surface area contributed by atoms with Crippen molar-refractivity contribution in [2.75, 3.05) is 20.1 Å². The fourth-order valence-corrected chi connectivity index (χ4v) is 2.19. The van der Waals surface area contributed by atoms with E-state index in [1.807, 2.05) is 0 Å². The van der Waals surface area contributed by atoms with Gasteiger partial charge in [-0.25, -0.2) is 0 Å². The first-order valence-corrected chi connectivity index (χ1v) is 5.32. The van der Waals surface area contributed by atoms with Crippen LogP contribution >= 0.6 is 0 Å². The Balaban J connectivity index is 2.21. The maximum absolute atomic E-state index is 11.3. The molecule has 1 saturated heterocycles. The fourth-order valence-electron chi connectivity index (χ4n) is 2.19. The lowest BCUT2D eigenvalue weighted by Crippen LogP contribution is -2.31. The van der Waals surface area contributed by atoms with Gasteiger partial charge < -0.3 is 9.42 Å². The number of likely N-dealkylation sites (N-methyl/N-ethyl adjacent to an activating group) is 1. The van der Waals surface area contributed by atoms with Crippen LogP contribution in [0.25, 0.3) is 0 Å². The summed E-state index contributed by atoms with van der Waals surface area (Å²) in [5.41, 5.74) is 0.648. The molecule has 1 aliphatic rings. The minimum atomic E-state index is 0.0412. The third kappa shape index (κ3) is 2.09. The Hall–Kier alpha value is -1.16. The molecule has 0 aromatic carbocycles. The number of Topliss-reactive ketones (excluding diaryl/α,β-unsaturated/α-hetero) is 1. The number of nitrogens with zero attached hydrogens (tertiary/aromatic N) is 2. The van der Waals surface area contributed by atoms with Gasteiger partial charge in [-0.15, -0.1) is 0 Å². The summed E-state index contributed by atoms with van der Waals surface area (Å²) in [7, 11) is 2.09. The molecule has 1 aliphatic heterocycles. The first-order chi connectivity index (χ1) is 7.18. The van der Waals surface area contributed by atoms with Crippen LogP contribution in [-0.2, 0) is 0 Å². The smallest absolute Gasteiger partial charge is 0.165 e. The van der Waals surface area contributed by atoms with Crippen molar-refractivity contribution in [1.82, 2.24) is 10.1 Å². The van der Waals surface area contributed by atoms with E-state index in [2.05, 4.69) is 17.1 Å². The first-order valence-electron chi connectivity index (χ1n) is 5.32. The van der Waals surface area contributed by atoms with Gasteiger partial charge in [0.1, 0.15) is 0 Å². The van der Waals surface area contributed by atoms with E-state index in [1.165, 1.54) is 6.20 Å². The van der Waals surface area contributed by atoms with Crippen LogP contribution < -0.4 is 0 Å². The van der Waals surface area contributed by atoms with Gasteiger partial charge in [0.2, 0.25) is 0 Å². The fraction of sp³-hybridized carbons (Fsp3) is 0.636. The molecule has 4 nitrogen and oxygen atoms in total. The van der Waals surface area contributed by atoms with Gasteiger partial charge in [0.15, 0.2) is 11.5 Å². The molecular weight excluding hydrogens is 192 g/mol. The Labute approximate surface area is 89.2 Å². The number of aromatic nitrogens is 1. The highest BCUT2D eigenvalue weighted by Crippen LogP contribution is 2.28. The topological polar surface area (TPSA) is 46.3 Å². The normalized spacial score (nSPS) is 22.9. The molecule has 1 aromatic rings. The molecule has 2 heterocycles. The van der Waals surface area contributed by atoms with Gasteiger partial charge in [0.25, 0.3) is 0 Å². The zero-order valence-corrected chi connectivity index (χ0v) is 9.19. The van der Waals surface area contributed by atoms with Crippen molar-refractivity contribution in [3.05, 3.63) is 17.5 Å². The maximum Gasteiger partial charge on any atom is 0.165 e. The zero-order chi connectivity index (χ0) is 10.8. The molecule has 0 amide bonds. The van der Waals surface area contributed by atoms with E-state index in [4.69, 9.17) is 4.52 Å². The molecule has 82 valence electrons. The SMILES string of the molecule is CC(=O)c1cnoc1C1CCCN(C)C1. The molecule has 0 spiro atoms. The van der Waals surface area contributed by atoms with Crippen LogP contribution in [0.3, 0.4) is 0 Å². The van der Waals surface area contributed by atoms with Crippen LogP contribution in [0.15, 0.2) is 10.7 Å². The van der Waals surface area contributed by atoms with Crippen LogP contribution in [-0.4, -0.2) is 36.0 Å².